The van der Waals surface area contributed by atoms with E-state index in [9.17, 15) is 0 Å². The first-order valence-corrected chi connectivity index (χ1v) is 8.67. The van der Waals surface area contributed by atoms with Crippen molar-refractivity contribution in [1.29, 1.82) is 0 Å². The molecule has 104 valence electrons. The summed E-state index contributed by atoms with van der Waals surface area (Å²) < 4.78 is 2.77. The third-order valence-electron chi connectivity index (χ3n) is 3.84. The zero-order chi connectivity index (χ0) is 14.2. The summed E-state index contributed by atoms with van der Waals surface area (Å²) in [5.74, 6) is 0. The van der Waals surface area contributed by atoms with Crippen LogP contribution < -0.4 is 5.32 Å². The van der Waals surface area contributed by atoms with E-state index in [1.807, 2.05) is 29.7 Å². The van der Waals surface area contributed by atoms with Crippen LogP contribution in [0.3, 0.4) is 0 Å². The molecule has 2 aromatic carbocycles. The standard InChI is InChI=1S/C18H15NS2/c1-19-18(17-11-16-15(21-17)8-9-20-16)14-7-6-12-4-2-3-5-13(12)10-14/h2-11,18-19H,1H3. The van der Waals surface area contributed by atoms with Crippen molar-refractivity contribution in [3.05, 3.63) is 70.4 Å². The number of hydrogen-bond donors (Lipinski definition) is 1. The summed E-state index contributed by atoms with van der Waals surface area (Å²) in [5.41, 5.74) is 1.32. The number of fused-ring (bicyclic) bond motifs is 2. The van der Waals surface area contributed by atoms with Crippen LogP contribution in [0.2, 0.25) is 0 Å². The van der Waals surface area contributed by atoms with E-state index < -0.39 is 0 Å². The Kier molecular flexibility index (Phi) is 3.26. The highest BCUT2D eigenvalue weighted by Gasteiger charge is 2.15. The average Bonchev–Trinajstić information content (AvgIpc) is 3.09. The van der Waals surface area contributed by atoms with Gasteiger partial charge in [-0.25, -0.2) is 0 Å². The minimum Gasteiger partial charge on any atom is -0.309 e. The molecule has 0 saturated carbocycles. The first kappa shape index (κ1) is 13.0. The fraction of sp³-hybridized carbons (Fsp3) is 0.111. The van der Waals surface area contributed by atoms with Crippen molar-refractivity contribution in [2.75, 3.05) is 7.05 Å². The van der Waals surface area contributed by atoms with E-state index in [0.717, 1.165) is 0 Å². The van der Waals surface area contributed by atoms with Crippen molar-refractivity contribution < 1.29 is 0 Å². The molecule has 0 aliphatic carbocycles. The summed E-state index contributed by atoms with van der Waals surface area (Å²) in [6, 6.07) is 20.1. The number of rotatable bonds is 3. The molecule has 1 N–H and O–H groups in total. The van der Waals surface area contributed by atoms with Gasteiger partial charge in [0.25, 0.3) is 0 Å². The fourth-order valence-corrected chi connectivity index (χ4v) is 5.05. The molecule has 0 bridgehead atoms. The zero-order valence-electron chi connectivity index (χ0n) is 11.7. The van der Waals surface area contributed by atoms with Gasteiger partial charge in [-0.05, 0) is 47.0 Å². The lowest BCUT2D eigenvalue weighted by Gasteiger charge is -2.15. The van der Waals surface area contributed by atoms with Gasteiger partial charge in [-0.3, -0.25) is 0 Å². The Morgan fingerprint density at radius 1 is 0.905 bits per heavy atom. The maximum absolute atomic E-state index is 3.47. The second kappa shape index (κ2) is 5.26. The topological polar surface area (TPSA) is 12.0 Å². The van der Waals surface area contributed by atoms with E-state index in [1.54, 1.807) is 0 Å². The molecule has 0 radical (unpaired) electrons. The van der Waals surface area contributed by atoms with Gasteiger partial charge in [0.05, 0.1) is 6.04 Å². The number of thiophene rings is 2. The summed E-state index contributed by atoms with van der Waals surface area (Å²) >= 11 is 3.70. The minimum absolute atomic E-state index is 0.263. The summed E-state index contributed by atoms with van der Waals surface area (Å²) in [5, 5.41) is 8.22. The average molecular weight is 309 g/mol. The molecule has 4 rings (SSSR count). The van der Waals surface area contributed by atoms with Gasteiger partial charge in [-0.15, -0.1) is 22.7 Å². The van der Waals surface area contributed by atoms with E-state index in [-0.39, 0.29) is 6.04 Å². The van der Waals surface area contributed by atoms with Crippen LogP contribution in [0.15, 0.2) is 60.0 Å². The van der Waals surface area contributed by atoms with E-state index in [1.165, 1.54) is 30.6 Å². The number of benzene rings is 2. The third-order valence-corrected chi connectivity index (χ3v) is 6.00. The van der Waals surface area contributed by atoms with Crippen molar-refractivity contribution in [3.8, 4) is 0 Å². The van der Waals surface area contributed by atoms with Crippen LogP contribution in [0.4, 0.5) is 0 Å². The predicted molar refractivity (Wildman–Crippen MR) is 94.6 cm³/mol. The summed E-state index contributed by atoms with van der Waals surface area (Å²) in [7, 11) is 2.04. The van der Waals surface area contributed by atoms with Gasteiger partial charge in [0.2, 0.25) is 0 Å². The second-order valence-electron chi connectivity index (χ2n) is 5.13. The monoisotopic (exact) mass is 309 g/mol. The Morgan fingerprint density at radius 3 is 2.57 bits per heavy atom. The van der Waals surface area contributed by atoms with Gasteiger partial charge < -0.3 is 5.32 Å². The zero-order valence-corrected chi connectivity index (χ0v) is 13.3. The first-order chi connectivity index (χ1) is 10.3. The Hall–Kier alpha value is -1.68. The summed E-state index contributed by atoms with van der Waals surface area (Å²) in [6.45, 7) is 0. The maximum atomic E-state index is 3.47. The molecule has 2 aromatic heterocycles. The molecular weight excluding hydrogens is 294 g/mol. The van der Waals surface area contributed by atoms with Crippen LogP contribution in [-0.2, 0) is 0 Å². The van der Waals surface area contributed by atoms with Crippen molar-refractivity contribution >= 4 is 42.8 Å². The summed E-state index contributed by atoms with van der Waals surface area (Å²) in [4.78, 5) is 1.38. The molecule has 21 heavy (non-hydrogen) atoms. The van der Waals surface area contributed by atoms with Crippen molar-refractivity contribution in [1.82, 2.24) is 5.32 Å². The quantitative estimate of drug-likeness (QED) is 0.532. The van der Waals surface area contributed by atoms with Gasteiger partial charge in [-0.1, -0.05) is 36.4 Å². The third kappa shape index (κ3) is 2.27. The molecule has 3 heteroatoms. The van der Waals surface area contributed by atoms with Crippen molar-refractivity contribution in [2.24, 2.45) is 0 Å². The van der Waals surface area contributed by atoms with Gasteiger partial charge in [0, 0.05) is 14.3 Å². The van der Waals surface area contributed by atoms with E-state index in [4.69, 9.17) is 0 Å². The highest BCUT2D eigenvalue weighted by molar-refractivity contribution is 7.27. The Bertz CT molecular complexity index is 875. The first-order valence-electron chi connectivity index (χ1n) is 6.98. The van der Waals surface area contributed by atoms with Crippen LogP contribution in [0, 0.1) is 0 Å². The molecular formula is C18H15NS2. The Labute approximate surface area is 131 Å². The van der Waals surface area contributed by atoms with Gasteiger partial charge >= 0.3 is 0 Å². The van der Waals surface area contributed by atoms with Gasteiger partial charge in [-0.2, -0.15) is 0 Å². The normalized spacial score (nSPS) is 13.0. The smallest absolute Gasteiger partial charge is 0.0669 e. The number of hydrogen-bond acceptors (Lipinski definition) is 3. The Morgan fingerprint density at radius 2 is 1.76 bits per heavy atom. The molecule has 1 atom stereocenters. The van der Waals surface area contributed by atoms with Crippen LogP contribution >= 0.6 is 22.7 Å². The highest BCUT2D eigenvalue weighted by atomic mass is 32.1. The summed E-state index contributed by atoms with van der Waals surface area (Å²) in [6.07, 6.45) is 0. The largest absolute Gasteiger partial charge is 0.309 e. The molecule has 2 heterocycles. The van der Waals surface area contributed by atoms with E-state index in [2.05, 4.69) is 65.3 Å². The minimum atomic E-state index is 0.263. The maximum Gasteiger partial charge on any atom is 0.0669 e. The predicted octanol–water partition coefficient (Wildman–Crippen LogP) is 5.42. The number of nitrogens with one attached hydrogen (secondary N) is 1. The van der Waals surface area contributed by atoms with E-state index >= 15 is 0 Å². The molecule has 0 fully saturated rings. The Balaban J connectivity index is 1.81. The van der Waals surface area contributed by atoms with Crippen molar-refractivity contribution in [3.63, 3.8) is 0 Å². The van der Waals surface area contributed by atoms with Crippen LogP contribution in [0.5, 0.6) is 0 Å². The van der Waals surface area contributed by atoms with Crippen molar-refractivity contribution in [2.45, 2.75) is 6.04 Å². The lowest BCUT2D eigenvalue weighted by Crippen LogP contribution is -2.16. The van der Waals surface area contributed by atoms with Crippen LogP contribution in [0.1, 0.15) is 16.5 Å². The molecule has 1 nitrogen and oxygen atoms in total. The van der Waals surface area contributed by atoms with Gasteiger partial charge in [0.1, 0.15) is 0 Å². The van der Waals surface area contributed by atoms with Crippen LogP contribution in [-0.4, -0.2) is 7.05 Å². The molecule has 0 spiro atoms. The second-order valence-corrected chi connectivity index (χ2v) is 7.19. The molecule has 0 amide bonds. The highest BCUT2D eigenvalue weighted by Crippen LogP contribution is 2.36. The SMILES string of the molecule is CNC(c1ccc2ccccc2c1)c1cc2sccc2s1. The molecule has 0 saturated heterocycles. The molecule has 4 aromatic rings. The van der Waals surface area contributed by atoms with E-state index in [0.29, 0.717) is 0 Å². The lowest BCUT2D eigenvalue weighted by atomic mass is 10.0. The lowest BCUT2D eigenvalue weighted by molar-refractivity contribution is 0.705. The fourth-order valence-electron chi connectivity index (χ4n) is 2.79. The van der Waals surface area contributed by atoms with Gasteiger partial charge in [0.15, 0.2) is 0 Å². The molecule has 0 aliphatic heterocycles. The molecule has 1 unspecified atom stereocenters. The van der Waals surface area contributed by atoms with Crippen LogP contribution in [0.25, 0.3) is 20.2 Å². The molecule has 0 aliphatic rings.